The lowest BCUT2D eigenvalue weighted by molar-refractivity contribution is -0.312. The summed E-state index contributed by atoms with van der Waals surface area (Å²) in [6, 6.07) is 10.2. The lowest BCUT2D eigenvalue weighted by Crippen LogP contribution is -2.12. The van der Waals surface area contributed by atoms with Crippen LogP contribution in [0.4, 0.5) is 4.32 Å². The lowest BCUT2D eigenvalue weighted by Gasteiger charge is -2.13. The van der Waals surface area contributed by atoms with E-state index in [1.165, 1.54) is 15.6 Å². The first kappa shape index (κ1) is 13.6. The smallest absolute Gasteiger partial charge is 0.361 e. The molecule has 0 fully saturated rings. The summed E-state index contributed by atoms with van der Waals surface area (Å²) < 4.78 is 14.7. The highest BCUT2D eigenvalue weighted by atomic mass is 19.1. The van der Waals surface area contributed by atoms with Gasteiger partial charge >= 0.3 is 7.69 Å². The molecule has 103 valence electrons. The van der Waals surface area contributed by atoms with Crippen molar-refractivity contribution in [1.82, 2.24) is 4.98 Å². The largest absolute Gasteiger partial charge is 0.792 e. The van der Waals surface area contributed by atoms with Gasteiger partial charge in [-0.25, -0.2) is 4.32 Å². The molecule has 21 heavy (non-hydrogen) atoms. The van der Waals surface area contributed by atoms with Gasteiger partial charge in [0.05, 0.1) is 11.3 Å². The topological polar surface area (TPSA) is 18.8 Å². The fourth-order valence-electron chi connectivity index (χ4n) is 2.79. The fourth-order valence-corrected chi connectivity index (χ4v) is 2.79. The standard InChI is InChI=1S/C17H16BFN2/c1-12-6-3-7-13(2)16(12)17(14-8-4-10-20-14)15-9-5-11-21(15)18-19/h3-11,20H,1-2H3/q+1. The number of allylic oxidation sites excluding steroid dienone is 2. The molecular formula is C17H16BFN2+. The Kier molecular flexibility index (Phi) is 3.61. The minimum atomic E-state index is 0.589. The minimum absolute atomic E-state index is 0.589. The molecule has 0 saturated heterocycles. The highest BCUT2D eigenvalue weighted by Gasteiger charge is 2.26. The van der Waals surface area contributed by atoms with Crippen LogP contribution in [0.3, 0.4) is 0 Å². The summed E-state index contributed by atoms with van der Waals surface area (Å²) in [5.41, 5.74) is 6.31. The van der Waals surface area contributed by atoms with E-state index in [-0.39, 0.29) is 0 Å². The predicted molar refractivity (Wildman–Crippen MR) is 85.1 cm³/mol. The Balaban J connectivity index is 2.32. The predicted octanol–water partition coefficient (Wildman–Crippen LogP) is 3.55. The number of nitrogens with zero attached hydrogens (tertiary/aromatic N) is 1. The van der Waals surface area contributed by atoms with Crippen molar-refractivity contribution in [2.24, 2.45) is 0 Å². The van der Waals surface area contributed by atoms with E-state index >= 15 is 0 Å². The Bertz CT molecular complexity index is 735. The van der Waals surface area contributed by atoms with Crippen LogP contribution in [0.15, 0.2) is 54.4 Å². The van der Waals surface area contributed by atoms with Gasteiger partial charge in [-0.15, -0.1) is 0 Å². The average Bonchev–Trinajstić information content (AvgIpc) is 3.14. The third-order valence-corrected chi connectivity index (χ3v) is 3.74. The Hall–Kier alpha value is -2.36. The first-order chi connectivity index (χ1) is 10.2. The molecule has 1 radical (unpaired) electrons. The van der Waals surface area contributed by atoms with Gasteiger partial charge in [-0.2, -0.15) is 0 Å². The molecule has 0 unspecified atom stereocenters. The molecule has 0 amide bonds. The Morgan fingerprint density at radius 1 is 1.14 bits per heavy atom. The maximum Gasteiger partial charge on any atom is 0.792 e. The van der Waals surface area contributed by atoms with Crippen LogP contribution in [0.2, 0.25) is 0 Å². The summed E-state index contributed by atoms with van der Waals surface area (Å²) in [6.07, 6.45) is 7.38. The zero-order valence-corrected chi connectivity index (χ0v) is 12.1. The molecule has 4 heteroatoms. The molecule has 0 aliphatic carbocycles. The van der Waals surface area contributed by atoms with Gasteiger partial charge in [-0.3, -0.25) is 4.49 Å². The van der Waals surface area contributed by atoms with Crippen molar-refractivity contribution in [3.8, 4) is 0 Å². The number of rotatable bonds is 3. The second kappa shape index (κ2) is 5.56. The molecule has 2 heterocycles. The van der Waals surface area contributed by atoms with E-state index in [1.807, 2.05) is 36.5 Å². The van der Waals surface area contributed by atoms with E-state index in [4.69, 9.17) is 0 Å². The maximum absolute atomic E-state index is 13.2. The van der Waals surface area contributed by atoms with Crippen LogP contribution in [0.5, 0.6) is 0 Å². The molecule has 1 aliphatic heterocycles. The third kappa shape index (κ3) is 2.37. The van der Waals surface area contributed by atoms with Gasteiger partial charge < -0.3 is 4.98 Å². The number of hydrogen-bond acceptors (Lipinski definition) is 0. The van der Waals surface area contributed by atoms with Crippen molar-refractivity contribution >= 4 is 19.5 Å². The van der Waals surface area contributed by atoms with Gasteiger partial charge in [0, 0.05) is 18.3 Å². The van der Waals surface area contributed by atoms with Crippen LogP contribution in [-0.4, -0.2) is 23.4 Å². The highest BCUT2D eigenvalue weighted by Crippen LogP contribution is 2.32. The summed E-state index contributed by atoms with van der Waals surface area (Å²) in [5, 5.41) is 0. The molecule has 0 bridgehead atoms. The summed E-state index contributed by atoms with van der Waals surface area (Å²) in [6.45, 7) is 4.16. The monoisotopic (exact) mass is 278 g/mol. The van der Waals surface area contributed by atoms with E-state index < -0.39 is 0 Å². The van der Waals surface area contributed by atoms with Crippen molar-refractivity contribution in [1.29, 1.82) is 0 Å². The molecule has 2 nitrogen and oxygen atoms in total. The molecule has 1 aliphatic rings. The number of hydrogen-bond donors (Lipinski definition) is 1. The van der Waals surface area contributed by atoms with E-state index in [0.717, 1.165) is 22.5 Å². The fraction of sp³-hybridized carbons (Fsp3) is 0.118. The summed E-state index contributed by atoms with van der Waals surface area (Å²) in [5.74, 6) is 0. The number of aromatic amines is 1. The van der Waals surface area contributed by atoms with Crippen molar-refractivity contribution in [3.63, 3.8) is 0 Å². The first-order valence-electron chi connectivity index (χ1n) is 6.90. The van der Waals surface area contributed by atoms with Gasteiger partial charge in [0.25, 0.3) is 0 Å². The Morgan fingerprint density at radius 3 is 2.52 bits per heavy atom. The van der Waals surface area contributed by atoms with Crippen LogP contribution < -0.4 is 0 Å². The molecule has 0 atom stereocenters. The normalized spacial score (nSPS) is 16.0. The Labute approximate surface area is 124 Å². The number of nitrogens with one attached hydrogen (secondary N) is 1. The summed E-state index contributed by atoms with van der Waals surface area (Å²) in [4.78, 5) is 3.24. The SMILES string of the molecule is Cc1cccc(C)c1/C(=C1\C=CC=[N+]1[B]F)c1ccc[nH]1. The van der Waals surface area contributed by atoms with E-state index in [0.29, 0.717) is 7.69 Å². The van der Waals surface area contributed by atoms with Gasteiger partial charge in [-0.05, 0) is 42.7 Å². The first-order valence-corrected chi connectivity index (χ1v) is 6.90. The molecule has 1 aromatic carbocycles. The zero-order valence-electron chi connectivity index (χ0n) is 12.1. The van der Waals surface area contributed by atoms with Crippen LogP contribution in [0.1, 0.15) is 22.4 Å². The molecule has 0 spiro atoms. The number of halogens is 1. The molecule has 0 saturated carbocycles. The van der Waals surface area contributed by atoms with Crippen LogP contribution in [0.25, 0.3) is 5.57 Å². The van der Waals surface area contributed by atoms with Gasteiger partial charge in [0.2, 0.25) is 0 Å². The number of H-pyrrole nitrogens is 1. The van der Waals surface area contributed by atoms with Gasteiger partial charge in [-0.1, -0.05) is 18.2 Å². The quantitative estimate of drug-likeness (QED) is 0.828. The molecule has 1 N–H and O–H groups in total. The molecular weight excluding hydrogens is 262 g/mol. The van der Waals surface area contributed by atoms with Gasteiger partial charge in [0.15, 0.2) is 5.70 Å². The Morgan fingerprint density at radius 2 is 1.90 bits per heavy atom. The third-order valence-electron chi connectivity index (χ3n) is 3.74. The summed E-state index contributed by atoms with van der Waals surface area (Å²) >= 11 is 0. The van der Waals surface area contributed by atoms with Gasteiger partial charge in [0.1, 0.15) is 6.21 Å². The van der Waals surface area contributed by atoms with Crippen LogP contribution in [0, 0.1) is 13.8 Å². The second-order valence-corrected chi connectivity index (χ2v) is 5.12. The number of aromatic nitrogens is 1. The second-order valence-electron chi connectivity index (χ2n) is 5.12. The molecule has 1 aromatic heterocycles. The van der Waals surface area contributed by atoms with Crippen molar-refractivity contribution in [2.45, 2.75) is 13.8 Å². The van der Waals surface area contributed by atoms with Crippen molar-refractivity contribution < 1.29 is 8.80 Å². The maximum atomic E-state index is 13.2. The van der Waals surface area contributed by atoms with Crippen LogP contribution in [-0.2, 0) is 0 Å². The zero-order chi connectivity index (χ0) is 14.8. The lowest BCUT2D eigenvalue weighted by atomic mass is 9.91. The average molecular weight is 278 g/mol. The summed E-state index contributed by atoms with van der Waals surface area (Å²) in [7, 11) is 0.589. The van der Waals surface area contributed by atoms with Crippen molar-refractivity contribution in [2.75, 3.05) is 0 Å². The molecule has 2 aromatic rings. The van der Waals surface area contributed by atoms with Crippen LogP contribution >= 0.6 is 0 Å². The van der Waals surface area contributed by atoms with E-state index in [9.17, 15) is 4.32 Å². The van der Waals surface area contributed by atoms with E-state index in [2.05, 4.69) is 31.0 Å². The highest BCUT2D eigenvalue weighted by molar-refractivity contribution is 6.17. The molecule has 3 rings (SSSR count). The van der Waals surface area contributed by atoms with E-state index in [1.54, 1.807) is 6.21 Å². The van der Waals surface area contributed by atoms with Crippen molar-refractivity contribution in [3.05, 3.63) is 76.8 Å². The minimum Gasteiger partial charge on any atom is -0.361 e. The number of aryl methyl sites for hydroxylation is 2. The number of benzene rings is 1.